The molecule has 4 aromatic rings. The maximum Gasteiger partial charge on any atom is 0.152 e. The molecular formula is C21H14BrNO. The van der Waals surface area contributed by atoms with Crippen LogP contribution in [0.3, 0.4) is 0 Å². The number of H-pyrrole nitrogens is 1. The molecule has 0 bridgehead atoms. The van der Waals surface area contributed by atoms with Crippen LogP contribution in [0.1, 0.15) is 10.4 Å². The minimum Gasteiger partial charge on any atom is -0.353 e. The summed E-state index contributed by atoms with van der Waals surface area (Å²) in [7, 11) is 0. The first-order valence-electron chi connectivity index (χ1n) is 7.69. The van der Waals surface area contributed by atoms with E-state index in [1.807, 2.05) is 48.5 Å². The maximum atomic E-state index is 11.6. The lowest BCUT2D eigenvalue weighted by atomic mass is 10.0. The molecule has 0 unspecified atom stereocenters. The van der Waals surface area contributed by atoms with Crippen LogP contribution in [0.25, 0.3) is 33.3 Å². The van der Waals surface area contributed by atoms with E-state index in [0.29, 0.717) is 5.56 Å². The number of aromatic nitrogens is 1. The number of carbonyl (C=O) groups is 1. The summed E-state index contributed by atoms with van der Waals surface area (Å²) in [5.41, 5.74) is 5.83. The molecule has 0 saturated heterocycles. The lowest BCUT2D eigenvalue weighted by molar-refractivity contribution is 0.112. The molecule has 0 saturated carbocycles. The predicted molar refractivity (Wildman–Crippen MR) is 102 cm³/mol. The van der Waals surface area contributed by atoms with Crippen LogP contribution in [0.5, 0.6) is 0 Å². The number of hydrogen-bond acceptors (Lipinski definition) is 1. The zero-order valence-electron chi connectivity index (χ0n) is 12.8. The van der Waals surface area contributed by atoms with E-state index >= 15 is 0 Å². The standard InChI is InChI=1S/C21H14BrNO/c22-19-8-4-7-17-18(13-24)20(23-21(17)19)16-11-9-15(10-12-16)14-5-2-1-3-6-14/h1-13,23H. The molecule has 116 valence electrons. The lowest BCUT2D eigenvalue weighted by Crippen LogP contribution is -1.85. The van der Waals surface area contributed by atoms with Crippen molar-refractivity contribution in [2.24, 2.45) is 0 Å². The van der Waals surface area contributed by atoms with Gasteiger partial charge in [0.1, 0.15) is 0 Å². The Morgan fingerprint density at radius 1 is 0.750 bits per heavy atom. The van der Waals surface area contributed by atoms with Gasteiger partial charge in [-0.3, -0.25) is 4.79 Å². The summed E-state index contributed by atoms with van der Waals surface area (Å²) in [4.78, 5) is 15.0. The summed E-state index contributed by atoms with van der Waals surface area (Å²) in [5.74, 6) is 0. The summed E-state index contributed by atoms with van der Waals surface area (Å²) in [5, 5.41) is 0.932. The van der Waals surface area contributed by atoms with E-state index in [4.69, 9.17) is 0 Å². The molecular weight excluding hydrogens is 362 g/mol. The first kappa shape index (κ1) is 14.9. The molecule has 0 radical (unpaired) electrons. The third-order valence-corrected chi connectivity index (χ3v) is 4.88. The average molecular weight is 376 g/mol. The Morgan fingerprint density at radius 3 is 2.12 bits per heavy atom. The number of aldehydes is 1. The Morgan fingerprint density at radius 2 is 1.42 bits per heavy atom. The van der Waals surface area contributed by atoms with Crippen LogP contribution in [0.2, 0.25) is 0 Å². The SMILES string of the molecule is O=Cc1c(-c2ccc(-c3ccccc3)cc2)[nH]c2c(Br)cccc12. The zero-order chi connectivity index (χ0) is 16.5. The lowest BCUT2D eigenvalue weighted by Gasteiger charge is -2.04. The molecule has 0 spiro atoms. The molecule has 1 heterocycles. The van der Waals surface area contributed by atoms with Gasteiger partial charge in [0.2, 0.25) is 0 Å². The molecule has 2 nitrogen and oxygen atoms in total. The second-order valence-corrected chi connectivity index (χ2v) is 6.49. The van der Waals surface area contributed by atoms with Crippen molar-refractivity contribution < 1.29 is 4.79 Å². The van der Waals surface area contributed by atoms with Crippen molar-refractivity contribution in [3.63, 3.8) is 0 Å². The quantitative estimate of drug-likeness (QED) is 0.432. The molecule has 24 heavy (non-hydrogen) atoms. The zero-order valence-corrected chi connectivity index (χ0v) is 14.4. The number of carbonyl (C=O) groups excluding carboxylic acids is 1. The van der Waals surface area contributed by atoms with Crippen LogP contribution in [0, 0.1) is 0 Å². The van der Waals surface area contributed by atoms with Gasteiger partial charge in [-0.05, 0) is 38.7 Å². The first-order valence-corrected chi connectivity index (χ1v) is 8.48. The molecule has 4 rings (SSSR count). The fraction of sp³-hybridized carbons (Fsp3) is 0. The van der Waals surface area contributed by atoms with Crippen LogP contribution >= 0.6 is 15.9 Å². The van der Waals surface area contributed by atoms with Crippen molar-refractivity contribution in [1.29, 1.82) is 0 Å². The van der Waals surface area contributed by atoms with E-state index in [2.05, 4.69) is 45.2 Å². The van der Waals surface area contributed by atoms with E-state index in [1.54, 1.807) is 0 Å². The molecule has 0 aliphatic carbocycles. The topological polar surface area (TPSA) is 32.9 Å². The number of nitrogens with one attached hydrogen (secondary N) is 1. The van der Waals surface area contributed by atoms with Crippen LogP contribution in [0.4, 0.5) is 0 Å². The normalized spacial score (nSPS) is 10.9. The van der Waals surface area contributed by atoms with Crippen LogP contribution < -0.4 is 0 Å². The predicted octanol–water partition coefficient (Wildman–Crippen LogP) is 6.08. The van der Waals surface area contributed by atoms with Crippen molar-refractivity contribution in [3.05, 3.63) is 82.8 Å². The highest BCUT2D eigenvalue weighted by Crippen LogP contribution is 2.33. The average Bonchev–Trinajstić information content (AvgIpc) is 3.03. The number of para-hydroxylation sites is 1. The van der Waals surface area contributed by atoms with Crippen molar-refractivity contribution in [2.45, 2.75) is 0 Å². The molecule has 0 atom stereocenters. The third-order valence-electron chi connectivity index (χ3n) is 4.22. The Balaban J connectivity index is 1.83. The Bertz CT molecular complexity index is 1020. The van der Waals surface area contributed by atoms with Gasteiger partial charge in [-0.1, -0.05) is 66.7 Å². The monoisotopic (exact) mass is 375 g/mol. The van der Waals surface area contributed by atoms with Gasteiger partial charge in [0, 0.05) is 15.4 Å². The van der Waals surface area contributed by atoms with Crippen molar-refractivity contribution in [3.8, 4) is 22.4 Å². The van der Waals surface area contributed by atoms with Crippen molar-refractivity contribution in [1.82, 2.24) is 4.98 Å². The fourth-order valence-electron chi connectivity index (χ4n) is 3.01. The Labute approximate surface area is 148 Å². The van der Waals surface area contributed by atoms with Gasteiger partial charge >= 0.3 is 0 Å². The van der Waals surface area contributed by atoms with Gasteiger partial charge in [0.25, 0.3) is 0 Å². The van der Waals surface area contributed by atoms with E-state index in [-0.39, 0.29) is 0 Å². The largest absolute Gasteiger partial charge is 0.353 e. The number of aromatic amines is 1. The summed E-state index contributed by atoms with van der Waals surface area (Å²) >= 11 is 3.54. The second kappa shape index (κ2) is 6.10. The van der Waals surface area contributed by atoms with Gasteiger partial charge in [-0.25, -0.2) is 0 Å². The van der Waals surface area contributed by atoms with E-state index in [0.717, 1.165) is 38.5 Å². The van der Waals surface area contributed by atoms with E-state index in [9.17, 15) is 4.79 Å². The number of rotatable bonds is 3. The molecule has 3 aromatic carbocycles. The smallest absolute Gasteiger partial charge is 0.152 e. The minimum atomic E-state index is 0.693. The van der Waals surface area contributed by atoms with Crippen LogP contribution in [0.15, 0.2) is 77.3 Å². The number of benzene rings is 3. The van der Waals surface area contributed by atoms with Gasteiger partial charge in [-0.15, -0.1) is 0 Å². The molecule has 0 aliphatic rings. The third kappa shape index (κ3) is 2.47. The van der Waals surface area contributed by atoms with Gasteiger partial charge in [0.15, 0.2) is 6.29 Å². The van der Waals surface area contributed by atoms with Gasteiger partial charge in [-0.2, -0.15) is 0 Å². The summed E-state index contributed by atoms with van der Waals surface area (Å²) in [6, 6.07) is 24.4. The van der Waals surface area contributed by atoms with Gasteiger partial charge in [0.05, 0.1) is 11.2 Å². The summed E-state index contributed by atoms with van der Waals surface area (Å²) < 4.78 is 0.954. The first-order chi connectivity index (χ1) is 11.8. The Kier molecular flexibility index (Phi) is 3.79. The summed E-state index contributed by atoms with van der Waals surface area (Å²) in [6.45, 7) is 0. The van der Waals surface area contributed by atoms with Crippen LogP contribution in [-0.4, -0.2) is 11.3 Å². The molecule has 1 N–H and O–H groups in total. The molecule has 0 amide bonds. The minimum absolute atomic E-state index is 0.693. The number of fused-ring (bicyclic) bond motifs is 1. The van der Waals surface area contributed by atoms with Crippen molar-refractivity contribution in [2.75, 3.05) is 0 Å². The molecule has 0 aliphatic heterocycles. The second-order valence-electron chi connectivity index (χ2n) is 5.64. The molecule has 3 heteroatoms. The van der Waals surface area contributed by atoms with E-state index in [1.165, 1.54) is 5.56 Å². The fourth-order valence-corrected chi connectivity index (χ4v) is 3.48. The maximum absolute atomic E-state index is 11.6. The highest BCUT2D eigenvalue weighted by molar-refractivity contribution is 9.10. The highest BCUT2D eigenvalue weighted by atomic mass is 79.9. The molecule has 1 aromatic heterocycles. The summed E-state index contributed by atoms with van der Waals surface area (Å²) in [6.07, 6.45) is 0.922. The number of halogens is 1. The van der Waals surface area contributed by atoms with Crippen molar-refractivity contribution >= 4 is 33.1 Å². The Hall–Kier alpha value is -2.65. The van der Waals surface area contributed by atoms with E-state index < -0.39 is 0 Å². The van der Waals surface area contributed by atoms with Gasteiger partial charge < -0.3 is 4.98 Å². The number of hydrogen-bond donors (Lipinski definition) is 1. The molecule has 0 fully saturated rings. The van der Waals surface area contributed by atoms with Crippen LogP contribution in [-0.2, 0) is 0 Å². The highest BCUT2D eigenvalue weighted by Gasteiger charge is 2.14.